The van der Waals surface area contributed by atoms with Gasteiger partial charge in [0.1, 0.15) is 12.4 Å². The lowest BCUT2D eigenvalue weighted by Gasteiger charge is -2.08. The van der Waals surface area contributed by atoms with Crippen molar-refractivity contribution in [2.45, 2.75) is 23.6 Å². The Kier molecular flexibility index (Phi) is 4.13. The minimum absolute atomic E-state index is 0.0246. The first-order chi connectivity index (χ1) is 12.6. The third-order valence-electron chi connectivity index (χ3n) is 3.84. The molecular weight excluding hydrogens is 354 g/mol. The van der Waals surface area contributed by atoms with Crippen LogP contribution in [0.5, 0.6) is 5.75 Å². The summed E-state index contributed by atoms with van der Waals surface area (Å²) in [7, 11) is 0. The van der Waals surface area contributed by atoms with Crippen LogP contribution in [0, 0.1) is 17.0 Å². The molecule has 0 spiro atoms. The second kappa shape index (κ2) is 6.60. The number of rotatable bonds is 4. The fourth-order valence-electron chi connectivity index (χ4n) is 2.49. The normalized spacial score (nSPS) is 12.2. The zero-order chi connectivity index (χ0) is 18.1. The molecule has 1 aromatic heterocycles. The highest BCUT2D eigenvalue weighted by atomic mass is 32.2. The van der Waals surface area contributed by atoms with Crippen molar-refractivity contribution in [1.82, 2.24) is 14.9 Å². The molecule has 9 heteroatoms. The van der Waals surface area contributed by atoms with Gasteiger partial charge in [-0.05, 0) is 36.4 Å². The Hall–Kier alpha value is -3.20. The summed E-state index contributed by atoms with van der Waals surface area (Å²) < 4.78 is 7.41. The van der Waals surface area contributed by atoms with Crippen LogP contribution >= 0.6 is 11.8 Å². The van der Waals surface area contributed by atoms with Crippen LogP contribution in [0.2, 0.25) is 0 Å². The number of nitrogens with zero attached hydrogens (tertiary/aromatic N) is 5. The van der Waals surface area contributed by atoms with Crippen LogP contribution in [0.4, 0.5) is 5.69 Å². The highest BCUT2D eigenvalue weighted by Gasteiger charge is 2.19. The number of aromatic nitrogens is 3. The van der Waals surface area contributed by atoms with E-state index in [1.807, 2.05) is 31.2 Å². The van der Waals surface area contributed by atoms with Crippen LogP contribution in [-0.2, 0) is 6.61 Å². The summed E-state index contributed by atoms with van der Waals surface area (Å²) >= 11 is 1.36. The molecule has 0 saturated heterocycles. The molecule has 1 aliphatic rings. The summed E-state index contributed by atoms with van der Waals surface area (Å²) in [4.78, 5) is 11.4. The fourth-order valence-corrected chi connectivity index (χ4v) is 3.37. The van der Waals surface area contributed by atoms with Gasteiger partial charge in [-0.25, -0.2) is 0 Å². The van der Waals surface area contributed by atoms with Gasteiger partial charge in [-0.2, -0.15) is 9.78 Å². The average molecular weight is 367 g/mol. The minimum atomic E-state index is -0.425. The number of nitro groups is 1. The SMILES string of the molecule is Cc1ccccc1OCc1nnc2n1N=Cc1cc([N+](=O)[O-])ccc1S2. The Labute approximate surface area is 152 Å². The quantitative estimate of drug-likeness (QED) is 0.405. The standard InChI is InChI=1S/C17H13N5O3S/c1-11-4-2-3-5-14(11)25-10-16-19-20-17-21(16)18-9-12-8-13(22(23)24)6-7-15(12)26-17/h2-9H,10H2,1H3. The summed E-state index contributed by atoms with van der Waals surface area (Å²) in [6.45, 7) is 2.18. The van der Waals surface area contributed by atoms with Gasteiger partial charge in [0, 0.05) is 22.6 Å². The van der Waals surface area contributed by atoms with E-state index in [9.17, 15) is 10.1 Å². The van der Waals surface area contributed by atoms with Crippen molar-refractivity contribution in [1.29, 1.82) is 0 Å². The highest BCUT2D eigenvalue weighted by Crippen LogP contribution is 2.33. The maximum Gasteiger partial charge on any atom is 0.270 e. The third-order valence-corrected chi connectivity index (χ3v) is 4.87. The number of aryl methyl sites for hydroxylation is 1. The predicted molar refractivity (Wildman–Crippen MR) is 95.7 cm³/mol. The molecule has 26 heavy (non-hydrogen) atoms. The molecule has 0 aliphatic carbocycles. The number of nitro benzene ring substituents is 1. The first-order valence-electron chi connectivity index (χ1n) is 7.75. The van der Waals surface area contributed by atoms with Gasteiger partial charge >= 0.3 is 0 Å². The molecule has 0 radical (unpaired) electrons. The van der Waals surface area contributed by atoms with Crippen molar-refractivity contribution in [3.05, 3.63) is 69.5 Å². The van der Waals surface area contributed by atoms with E-state index in [-0.39, 0.29) is 12.3 Å². The Morgan fingerprint density at radius 1 is 1.23 bits per heavy atom. The molecule has 1 aliphatic heterocycles. The lowest BCUT2D eigenvalue weighted by molar-refractivity contribution is -0.384. The summed E-state index contributed by atoms with van der Waals surface area (Å²) in [5.41, 5.74) is 1.72. The summed E-state index contributed by atoms with van der Waals surface area (Å²) in [5, 5.41) is 24.2. The van der Waals surface area contributed by atoms with Gasteiger partial charge in [0.05, 0.1) is 11.1 Å². The van der Waals surface area contributed by atoms with Crippen molar-refractivity contribution in [3.8, 4) is 5.75 Å². The van der Waals surface area contributed by atoms with E-state index in [4.69, 9.17) is 4.74 Å². The molecule has 130 valence electrons. The van der Waals surface area contributed by atoms with Crippen LogP contribution < -0.4 is 4.74 Å². The topological polar surface area (TPSA) is 95.4 Å². The van der Waals surface area contributed by atoms with E-state index in [2.05, 4.69) is 15.3 Å². The van der Waals surface area contributed by atoms with Crippen LogP contribution in [0.3, 0.4) is 0 Å². The van der Waals surface area contributed by atoms with Crippen molar-refractivity contribution >= 4 is 23.7 Å². The first kappa shape index (κ1) is 16.3. The summed E-state index contributed by atoms with van der Waals surface area (Å²) in [6, 6.07) is 12.4. The molecule has 0 amide bonds. The smallest absolute Gasteiger partial charge is 0.270 e. The minimum Gasteiger partial charge on any atom is -0.485 e. The van der Waals surface area contributed by atoms with Gasteiger partial charge in [-0.1, -0.05) is 18.2 Å². The van der Waals surface area contributed by atoms with E-state index < -0.39 is 4.92 Å². The third kappa shape index (κ3) is 3.04. The van der Waals surface area contributed by atoms with E-state index in [1.54, 1.807) is 17.0 Å². The summed E-state index contributed by atoms with van der Waals surface area (Å²) in [5.74, 6) is 1.32. The van der Waals surface area contributed by atoms with E-state index in [0.29, 0.717) is 16.5 Å². The van der Waals surface area contributed by atoms with Gasteiger partial charge < -0.3 is 4.74 Å². The molecular formula is C17H13N5O3S. The molecule has 0 fully saturated rings. The molecule has 0 unspecified atom stereocenters. The molecule has 0 saturated carbocycles. The van der Waals surface area contributed by atoms with Gasteiger partial charge in [-0.3, -0.25) is 10.1 Å². The molecule has 0 atom stereocenters. The number of fused-ring (bicyclic) bond motifs is 2. The van der Waals surface area contributed by atoms with Crippen molar-refractivity contribution in [2.75, 3.05) is 0 Å². The average Bonchev–Trinajstić information content (AvgIpc) is 2.91. The monoisotopic (exact) mass is 367 g/mol. The van der Waals surface area contributed by atoms with Crippen LogP contribution in [0.1, 0.15) is 17.0 Å². The lowest BCUT2D eigenvalue weighted by atomic mass is 10.2. The second-order valence-corrected chi connectivity index (χ2v) is 6.60. The first-order valence-corrected chi connectivity index (χ1v) is 8.57. The summed E-state index contributed by atoms with van der Waals surface area (Å²) in [6.07, 6.45) is 1.58. The van der Waals surface area contributed by atoms with Gasteiger partial charge in [0.15, 0.2) is 5.82 Å². The van der Waals surface area contributed by atoms with Crippen molar-refractivity contribution < 1.29 is 9.66 Å². The van der Waals surface area contributed by atoms with E-state index in [1.165, 1.54) is 23.9 Å². The number of hydrogen-bond acceptors (Lipinski definition) is 7. The number of para-hydroxylation sites is 1. The molecule has 2 heterocycles. The Balaban J connectivity index is 1.60. The Bertz CT molecular complexity index is 1030. The highest BCUT2D eigenvalue weighted by molar-refractivity contribution is 7.99. The molecule has 0 bridgehead atoms. The number of hydrogen-bond donors (Lipinski definition) is 0. The predicted octanol–water partition coefficient (Wildman–Crippen LogP) is 3.42. The molecule has 8 nitrogen and oxygen atoms in total. The molecule has 4 rings (SSSR count). The number of benzene rings is 2. The zero-order valence-corrected chi connectivity index (χ0v) is 14.5. The number of ether oxygens (including phenoxy) is 1. The van der Waals surface area contributed by atoms with Crippen LogP contribution in [-0.4, -0.2) is 26.0 Å². The van der Waals surface area contributed by atoms with Gasteiger partial charge in [0.25, 0.3) is 5.69 Å². The largest absolute Gasteiger partial charge is 0.485 e. The Morgan fingerprint density at radius 3 is 2.88 bits per heavy atom. The van der Waals surface area contributed by atoms with Crippen molar-refractivity contribution in [2.24, 2.45) is 5.10 Å². The Morgan fingerprint density at radius 2 is 2.08 bits per heavy atom. The maximum absolute atomic E-state index is 11.0. The van der Waals surface area contributed by atoms with Crippen molar-refractivity contribution in [3.63, 3.8) is 0 Å². The lowest BCUT2D eigenvalue weighted by Crippen LogP contribution is -2.04. The van der Waals surface area contributed by atoms with Crippen LogP contribution in [0.25, 0.3) is 0 Å². The van der Waals surface area contributed by atoms with Gasteiger partial charge in [0.2, 0.25) is 5.16 Å². The van der Waals surface area contributed by atoms with E-state index in [0.717, 1.165) is 16.2 Å². The maximum atomic E-state index is 11.0. The molecule has 3 aromatic rings. The fraction of sp³-hybridized carbons (Fsp3) is 0.118. The van der Waals surface area contributed by atoms with Crippen LogP contribution in [0.15, 0.2) is 57.6 Å². The van der Waals surface area contributed by atoms with Gasteiger partial charge in [-0.15, -0.1) is 10.2 Å². The zero-order valence-electron chi connectivity index (χ0n) is 13.7. The van der Waals surface area contributed by atoms with E-state index >= 15 is 0 Å². The number of non-ortho nitro benzene ring substituents is 1. The molecule has 0 N–H and O–H groups in total. The second-order valence-electron chi connectivity index (χ2n) is 5.59. The molecule has 2 aromatic carbocycles.